The van der Waals surface area contributed by atoms with Gasteiger partial charge in [0.1, 0.15) is 11.6 Å². The third-order valence-corrected chi connectivity index (χ3v) is 1.57. The molecule has 0 fully saturated rings. The van der Waals surface area contributed by atoms with Crippen LogP contribution >= 0.6 is 0 Å². The van der Waals surface area contributed by atoms with Crippen molar-refractivity contribution in [1.29, 1.82) is 5.26 Å². The lowest BCUT2D eigenvalue weighted by molar-refractivity contribution is 0.0696. The van der Waals surface area contributed by atoms with Gasteiger partial charge >= 0.3 is 5.97 Å². The molecule has 0 atom stereocenters. The van der Waals surface area contributed by atoms with E-state index in [1.807, 2.05) is 6.07 Å². The quantitative estimate of drug-likeness (QED) is 0.808. The molecule has 5 heteroatoms. The smallest absolute Gasteiger partial charge is 0.337 e. The van der Waals surface area contributed by atoms with Crippen molar-refractivity contribution in [2.45, 2.75) is 20.0 Å². The molecule has 0 unspecified atom stereocenters. The first-order chi connectivity index (χ1) is 7.04. The lowest BCUT2D eigenvalue weighted by Crippen LogP contribution is -2.09. The van der Waals surface area contributed by atoms with E-state index in [2.05, 4.69) is 4.98 Å². The molecule has 0 aliphatic carbocycles. The van der Waals surface area contributed by atoms with E-state index in [-0.39, 0.29) is 23.1 Å². The second-order valence-electron chi connectivity index (χ2n) is 3.16. The summed E-state index contributed by atoms with van der Waals surface area (Å²) < 4.78 is 5.24. The predicted molar refractivity (Wildman–Crippen MR) is 51.7 cm³/mol. The number of hydrogen-bond donors (Lipinski definition) is 1. The first-order valence-corrected chi connectivity index (χ1v) is 4.34. The van der Waals surface area contributed by atoms with E-state index in [1.54, 1.807) is 13.8 Å². The summed E-state index contributed by atoms with van der Waals surface area (Å²) >= 11 is 0. The summed E-state index contributed by atoms with van der Waals surface area (Å²) in [6.07, 6.45) is 1.06. The van der Waals surface area contributed by atoms with Crippen molar-refractivity contribution in [1.82, 2.24) is 4.98 Å². The molecule has 0 bridgehead atoms. The van der Waals surface area contributed by atoms with Crippen LogP contribution < -0.4 is 4.74 Å². The van der Waals surface area contributed by atoms with E-state index >= 15 is 0 Å². The molecule has 0 aliphatic rings. The molecule has 1 N–H and O–H groups in total. The standard InChI is InChI=1S/C10H10N2O3/c1-6(2)15-9-7(4-11)3-8(5-12-9)10(13)14/h3,5-6H,1-2H3,(H,13,14). The maximum atomic E-state index is 10.6. The number of rotatable bonds is 3. The SMILES string of the molecule is CC(C)Oc1ncc(C(=O)O)cc1C#N. The van der Waals surface area contributed by atoms with Crippen molar-refractivity contribution in [2.75, 3.05) is 0 Å². The Bertz CT molecular complexity index is 421. The predicted octanol–water partition coefficient (Wildman–Crippen LogP) is 1.44. The fraction of sp³-hybridized carbons (Fsp3) is 0.300. The van der Waals surface area contributed by atoms with Gasteiger partial charge in [-0.2, -0.15) is 5.26 Å². The van der Waals surface area contributed by atoms with Crippen LogP contribution in [-0.4, -0.2) is 22.2 Å². The Kier molecular flexibility index (Phi) is 3.24. The van der Waals surface area contributed by atoms with Crippen LogP contribution in [0.4, 0.5) is 0 Å². The Hall–Kier alpha value is -2.09. The van der Waals surface area contributed by atoms with Crippen molar-refractivity contribution in [3.05, 3.63) is 23.4 Å². The van der Waals surface area contributed by atoms with Crippen LogP contribution in [0, 0.1) is 11.3 Å². The summed E-state index contributed by atoms with van der Waals surface area (Å²) in [5.74, 6) is -0.951. The van der Waals surface area contributed by atoms with Crippen LogP contribution in [-0.2, 0) is 0 Å². The maximum absolute atomic E-state index is 10.6. The molecule has 1 rings (SSSR count). The Morgan fingerprint density at radius 1 is 1.67 bits per heavy atom. The number of ether oxygens (including phenoxy) is 1. The zero-order valence-corrected chi connectivity index (χ0v) is 8.39. The molecular weight excluding hydrogens is 196 g/mol. The highest BCUT2D eigenvalue weighted by atomic mass is 16.5. The monoisotopic (exact) mass is 206 g/mol. The maximum Gasteiger partial charge on any atom is 0.337 e. The second kappa shape index (κ2) is 4.42. The highest BCUT2D eigenvalue weighted by molar-refractivity contribution is 5.87. The van der Waals surface area contributed by atoms with Gasteiger partial charge < -0.3 is 9.84 Å². The number of nitriles is 1. The number of aromatic nitrogens is 1. The van der Waals surface area contributed by atoms with Gasteiger partial charge in [0.25, 0.3) is 0 Å². The van der Waals surface area contributed by atoms with Crippen molar-refractivity contribution >= 4 is 5.97 Å². The first-order valence-electron chi connectivity index (χ1n) is 4.34. The van der Waals surface area contributed by atoms with Crippen LogP contribution in [0.1, 0.15) is 29.8 Å². The highest BCUT2D eigenvalue weighted by Crippen LogP contribution is 2.16. The Balaban J connectivity index is 3.11. The summed E-state index contributed by atoms with van der Waals surface area (Å²) in [6.45, 7) is 3.60. The minimum Gasteiger partial charge on any atom is -0.478 e. The normalized spacial score (nSPS) is 9.73. The number of hydrogen-bond acceptors (Lipinski definition) is 4. The number of carboxylic acid groups (broad SMARTS) is 1. The molecular formula is C10H10N2O3. The van der Waals surface area contributed by atoms with Crippen molar-refractivity contribution in [3.8, 4) is 11.9 Å². The zero-order chi connectivity index (χ0) is 11.4. The van der Waals surface area contributed by atoms with Crippen molar-refractivity contribution in [3.63, 3.8) is 0 Å². The summed E-state index contributed by atoms with van der Waals surface area (Å²) in [6, 6.07) is 3.09. The summed E-state index contributed by atoms with van der Waals surface area (Å²) in [4.78, 5) is 14.4. The molecule has 0 amide bonds. The number of carbonyl (C=O) groups is 1. The molecule has 0 aliphatic heterocycles. The topological polar surface area (TPSA) is 83.2 Å². The van der Waals surface area contributed by atoms with Crippen LogP contribution in [0.2, 0.25) is 0 Å². The minimum absolute atomic E-state index is 0.0253. The molecule has 78 valence electrons. The fourth-order valence-electron chi connectivity index (χ4n) is 0.966. The Labute approximate surface area is 86.9 Å². The summed E-state index contributed by atoms with van der Waals surface area (Å²) in [7, 11) is 0. The van der Waals surface area contributed by atoms with E-state index < -0.39 is 5.97 Å². The van der Waals surface area contributed by atoms with E-state index in [9.17, 15) is 4.79 Å². The van der Waals surface area contributed by atoms with E-state index in [1.165, 1.54) is 12.3 Å². The number of carboxylic acids is 1. The molecule has 1 aromatic heterocycles. The van der Waals surface area contributed by atoms with Crippen LogP contribution in [0.15, 0.2) is 12.3 Å². The Morgan fingerprint density at radius 2 is 2.33 bits per heavy atom. The van der Waals surface area contributed by atoms with Gasteiger partial charge in [-0.05, 0) is 19.9 Å². The fourth-order valence-corrected chi connectivity index (χ4v) is 0.966. The van der Waals surface area contributed by atoms with Crippen LogP contribution in [0.3, 0.4) is 0 Å². The van der Waals surface area contributed by atoms with E-state index in [0.29, 0.717) is 0 Å². The summed E-state index contributed by atoms with van der Waals surface area (Å²) in [5.41, 5.74) is 0.103. The van der Waals surface area contributed by atoms with Gasteiger partial charge in [-0.1, -0.05) is 0 Å². The molecule has 0 radical (unpaired) electrons. The number of nitrogens with zero attached hydrogens (tertiary/aromatic N) is 2. The van der Waals surface area contributed by atoms with Gasteiger partial charge in [-0.3, -0.25) is 0 Å². The molecule has 15 heavy (non-hydrogen) atoms. The number of pyridine rings is 1. The molecule has 5 nitrogen and oxygen atoms in total. The van der Waals surface area contributed by atoms with Gasteiger partial charge in [-0.25, -0.2) is 9.78 Å². The van der Waals surface area contributed by atoms with Crippen molar-refractivity contribution in [2.24, 2.45) is 0 Å². The van der Waals surface area contributed by atoms with E-state index in [0.717, 1.165) is 0 Å². The Morgan fingerprint density at radius 3 is 2.80 bits per heavy atom. The lowest BCUT2D eigenvalue weighted by Gasteiger charge is -2.09. The molecule has 0 saturated carbocycles. The van der Waals surface area contributed by atoms with Gasteiger partial charge in [0.2, 0.25) is 5.88 Å². The van der Waals surface area contributed by atoms with E-state index in [4.69, 9.17) is 15.1 Å². The van der Waals surface area contributed by atoms with Gasteiger partial charge in [0, 0.05) is 6.20 Å². The molecule has 0 saturated heterocycles. The first kappa shape index (κ1) is 11.0. The average Bonchev–Trinajstić information content (AvgIpc) is 2.17. The highest BCUT2D eigenvalue weighted by Gasteiger charge is 2.11. The minimum atomic E-state index is -1.12. The average molecular weight is 206 g/mol. The molecule has 1 aromatic rings. The van der Waals surface area contributed by atoms with Gasteiger partial charge in [0.15, 0.2) is 0 Å². The third kappa shape index (κ3) is 2.68. The lowest BCUT2D eigenvalue weighted by atomic mass is 10.2. The van der Waals surface area contributed by atoms with Crippen LogP contribution in [0.5, 0.6) is 5.88 Å². The second-order valence-corrected chi connectivity index (χ2v) is 3.16. The summed E-state index contributed by atoms with van der Waals surface area (Å²) in [5, 5.41) is 17.5. The molecule has 0 aromatic carbocycles. The molecule has 1 heterocycles. The van der Waals surface area contributed by atoms with Crippen LogP contribution in [0.25, 0.3) is 0 Å². The van der Waals surface area contributed by atoms with Gasteiger partial charge in [-0.15, -0.1) is 0 Å². The zero-order valence-electron chi connectivity index (χ0n) is 8.39. The van der Waals surface area contributed by atoms with Crippen molar-refractivity contribution < 1.29 is 14.6 Å². The molecule has 0 spiro atoms. The largest absolute Gasteiger partial charge is 0.478 e. The number of aromatic carboxylic acids is 1. The third-order valence-electron chi connectivity index (χ3n) is 1.57. The van der Waals surface area contributed by atoms with Gasteiger partial charge in [0.05, 0.1) is 11.7 Å².